The predicted molar refractivity (Wildman–Crippen MR) is 460 cm³/mol. The lowest BCUT2D eigenvalue weighted by molar-refractivity contribution is -0.688. The van der Waals surface area contributed by atoms with Crippen LogP contribution in [0.1, 0.15) is 115 Å². The summed E-state index contributed by atoms with van der Waals surface area (Å²) >= 11 is 0. The molecular weight excluding hydrogens is 1500 g/mol. The zero-order valence-electron chi connectivity index (χ0n) is 65.9. The molecule has 17 heteroatoms. The first-order valence-corrected chi connectivity index (χ1v) is 43.6. The number of rotatable bonds is 27. The maximum Gasteiger partial charge on any atom is 0.263 e. The van der Waals surface area contributed by atoms with Gasteiger partial charge in [-0.3, -0.25) is 0 Å². The summed E-state index contributed by atoms with van der Waals surface area (Å²) in [4.78, 5) is 95.7. The summed E-state index contributed by atoms with van der Waals surface area (Å²) in [5, 5.41) is -0.234. The molecule has 0 spiro atoms. The molecule has 0 saturated carbocycles. The molecule has 586 valence electrons. The first-order chi connectivity index (χ1) is 55.5. The maximum absolute atomic E-state index is 12.1. The number of pyridine rings is 2. The number of aromatic nitrogens is 2. The van der Waals surface area contributed by atoms with E-state index in [4.69, 9.17) is 14.2 Å². The van der Waals surface area contributed by atoms with Crippen molar-refractivity contribution in [3.63, 3.8) is 0 Å². The first-order valence-electron chi connectivity index (χ1n) is 38.8. The average Bonchev–Trinajstić information content (AvgIpc) is 0.725. The van der Waals surface area contributed by atoms with Gasteiger partial charge in [0.05, 0.1) is 24.0 Å². The van der Waals surface area contributed by atoms with Gasteiger partial charge in [-0.25, -0.2) is 33.9 Å². The molecule has 0 saturated heterocycles. The molecule has 6 N–H and O–H groups in total. The fourth-order valence-corrected chi connectivity index (χ4v) is 17.0. The Kier molecular flexibility index (Phi) is 24.3. The minimum Gasteiger partial charge on any atom is -0.627 e. The van der Waals surface area contributed by atoms with Crippen LogP contribution in [-0.4, -0.2) is 55.8 Å². The molecule has 0 bridgehead atoms. The van der Waals surface area contributed by atoms with E-state index in [1.807, 2.05) is 60.9 Å². The second-order valence-corrected chi connectivity index (χ2v) is 36.3. The van der Waals surface area contributed by atoms with Crippen molar-refractivity contribution in [2.45, 2.75) is 83.1 Å². The molecular formula is C99H95N2O12P3+2. The van der Waals surface area contributed by atoms with Gasteiger partial charge in [0.15, 0.2) is 31.3 Å². The van der Waals surface area contributed by atoms with Crippen molar-refractivity contribution in [2.75, 3.05) is 26.4 Å². The molecule has 0 aliphatic rings. The smallest absolute Gasteiger partial charge is 0.263 e. The highest BCUT2D eigenvalue weighted by Crippen LogP contribution is 2.50. The van der Waals surface area contributed by atoms with Crippen LogP contribution in [0.15, 0.2) is 340 Å². The van der Waals surface area contributed by atoms with E-state index >= 15 is 0 Å². The van der Waals surface area contributed by atoms with Crippen LogP contribution in [0.2, 0.25) is 0 Å². The second-order valence-electron chi connectivity index (χ2n) is 31.5. The Hall–Kier alpha value is -10.6. The standard InChI is InChI=1S/C99H93N2O12P3/c1-8-70-9-25-82(26-10-70)98(86-37-33-80(34-38-86)96(2,3)4,87-39-35-81(36-40-87)97(5,6)7)89-43-49-92(50-44-89)113-68-66-111-65-67-112-91-47-11-71(12-48-91)69-100-61-57-78(58-62-100)79-59-63-101(64-60-79)90-45-41-88(42-46-90)99(83-27-13-72(14-28-83)75-19-51-93(52-20-75)114(102,103)104,84-29-15-73(16-30-84)76-21-53-94(54-22-76)115(105,106)107)85-31-17-74(18-32-85)77-23-55-95(56-24-77)116(108,109)110/h9-64H,8,65-69H2,1-7H3,(H4-2,102,103,104,105,106,107,108,109,110)/p+2. The van der Waals surface area contributed by atoms with Crippen molar-refractivity contribution in [3.05, 3.63) is 407 Å². The van der Waals surface area contributed by atoms with Crippen molar-refractivity contribution in [3.8, 4) is 61.7 Å². The molecule has 0 aliphatic heterocycles. The Bertz CT molecular complexity index is 5300. The molecule has 0 aliphatic carbocycles. The van der Waals surface area contributed by atoms with Gasteiger partial charge >= 0.3 is 0 Å². The van der Waals surface area contributed by atoms with Gasteiger partial charge in [-0.1, -0.05) is 255 Å². The lowest BCUT2D eigenvalue weighted by Gasteiger charge is -2.38. The molecule has 0 radical (unpaired) electrons. The van der Waals surface area contributed by atoms with Crippen LogP contribution in [0.3, 0.4) is 0 Å². The summed E-state index contributed by atoms with van der Waals surface area (Å²) in [6, 6.07) is 104. The predicted octanol–water partition coefficient (Wildman–Crippen LogP) is 15.6. The van der Waals surface area contributed by atoms with Gasteiger partial charge in [0, 0.05) is 42.0 Å². The van der Waals surface area contributed by atoms with Crippen molar-refractivity contribution in [1.82, 2.24) is 0 Å². The monoisotopic (exact) mass is 1600 g/mol. The second kappa shape index (κ2) is 34.3. The Balaban J connectivity index is 0.633. The summed E-state index contributed by atoms with van der Waals surface area (Å²) in [7, 11) is -13.4. The highest BCUT2D eigenvalue weighted by atomic mass is 31.2. The Morgan fingerprint density at radius 3 is 0.819 bits per heavy atom. The van der Waals surface area contributed by atoms with E-state index in [0.717, 1.165) is 101 Å². The molecule has 2 aromatic heterocycles. The van der Waals surface area contributed by atoms with Gasteiger partial charge in [-0.05, 0) is 196 Å². The van der Waals surface area contributed by atoms with Crippen LogP contribution in [0, 0.1) is 0 Å². The van der Waals surface area contributed by atoms with Crippen LogP contribution >= 0.6 is 23.8 Å². The summed E-state index contributed by atoms with van der Waals surface area (Å²) in [5.74, 6) is 1.54. The fraction of sp³-hybridized carbons (Fsp3) is 0.172. The van der Waals surface area contributed by atoms with E-state index in [1.54, 1.807) is 36.4 Å². The van der Waals surface area contributed by atoms with Crippen molar-refractivity contribution in [2.24, 2.45) is 0 Å². The topological polar surface area (TPSA) is 226 Å². The normalized spacial score (nSPS) is 12.4. The van der Waals surface area contributed by atoms with Gasteiger partial charge < -0.3 is 28.9 Å². The maximum atomic E-state index is 12.1. The number of aryl methyl sites for hydroxylation is 1. The highest BCUT2D eigenvalue weighted by Gasteiger charge is 2.41. The van der Waals surface area contributed by atoms with Crippen LogP contribution in [0.4, 0.5) is 0 Å². The fourth-order valence-electron chi connectivity index (χ4n) is 15.4. The van der Waals surface area contributed by atoms with Crippen LogP contribution in [0.5, 0.6) is 11.5 Å². The minimum atomic E-state index is -4.47. The molecule has 0 fully saturated rings. The number of hydrogen-bond acceptors (Lipinski definition) is 12. The quantitative estimate of drug-likeness (QED) is 0.0122. The van der Waals surface area contributed by atoms with E-state index < -0.39 is 34.7 Å². The molecule has 116 heavy (non-hydrogen) atoms. The Morgan fingerprint density at radius 2 is 0.517 bits per heavy atom. The summed E-state index contributed by atoms with van der Waals surface area (Å²) in [6.07, 6.45) is 9.22. The molecule has 2 heterocycles. The highest BCUT2D eigenvalue weighted by molar-refractivity contribution is 7.66. The van der Waals surface area contributed by atoms with E-state index in [2.05, 4.69) is 264 Å². The minimum absolute atomic E-state index is 0.0131. The lowest BCUT2D eigenvalue weighted by atomic mass is 9.64. The Labute approximate surface area is 681 Å². The molecule has 14 nitrogen and oxygen atoms in total. The van der Waals surface area contributed by atoms with Gasteiger partial charge in [-0.2, -0.15) is 4.57 Å². The largest absolute Gasteiger partial charge is 0.627 e. The van der Waals surface area contributed by atoms with Gasteiger partial charge in [0.25, 0.3) is 23.8 Å². The third kappa shape index (κ3) is 18.3. The van der Waals surface area contributed by atoms with Crippen LogP contribution in [-0.2, 0) is 39.4 Å². The zero-order valence-corrected chi connectivity index (χ0v) is 68.6. The lowest BCUT2D eigenvalue weighted by Crippen LogP contribution is -2.33. The molecule has 12 aromatic carbocycles. The van der Waals surface area contributed by atoms with Gasteiger partial charge in [0.1, 0.15) is 40.6 Å². The number of nitrogens with zero attached hydrogens (tertiary/aromatic N) is 2. The van der Waals surface area contributed by atoms with Crippen molar-refractivity contribution < 1.29 is 67.4 Å². The van der Waals surface area contributed by atoms with Crippen LogP contribution in [0.25, 0.3) is 50.2 Å². The van der Waals surface area contributed by atoms with E-state index in [-0.39, 0.29) is 26.7 Å². The summed E-state index contributed by atoms with van der Waals surface area (Å²) in [6.45, 7) is 18.0. The van der Waals surface area contributed by atoms with Gasteiger partial charge in [-0.15, -0.1) is 0 Å². The SMILES string of the molecule is CCc1ccc(C(c2ccc(OCCOCCOc3ccc(C[n+]4ccc(-c5cc[n+](-c6ccc(C(c7ccc(-c8ccc([P+]([O-])(O)O)cc8)cc7)(c7ccc(-c8ccc([P+]([O-])(O)O)cc8)cc7)c7ccc(-c8ccc([P+]([O-])(O)O)cc8)cc7)cc6)cc5)cc4)cc3)cc2)(c2ccc(C(C)(C)C)cc2)c2ccc(C(C)(C)C)cc2)cc1. The molecule has 0 unspecified atom stereocenters. The first kappa shape index (κ1) is 82.0. The summed E-state index contributed by atoms with van der Waals surface area (Å²) in [5.41, 5.74) is 19.5. The molecule has 14 aromatic rings. The molecule has 0 amide bonds. The number of benzene rings is 12. The van der Waals surface area contributed by atoms with Gasteiger partial charge in [0.2, 0.25) is 5.69 Å². The summed E-state index contributed by atoms with van der Waals surface area (Å²) < 4.78 is 22.6. The van der Waals surface area contributed by atoms with E-state index in [9.17, 15) is 44.0 Å². The molecule has 14 rings (SSSR count). The Morgan fingerprint density at radius 1 is 0.276 bits per heavy atom. The third-order valence-corrected chi connectivity index (χ3v) is 24.9. The van der Waals surface area contributed by atoms with E-state index in [0.29, 0.717) is 33.0 Å². The average molecular weight is 1600 g/mol. The zero-order chi connectivity index (χ0) is 81.6. The van der Waals surface area contributed by atoms with Crippen LogP contribution < -0.4 is 49.2 Å². The number of hydrogen-bond donors (Lipinski definition) is 6. The van der Waals surface area contributed by atoms with Crippen molar-refractivity contribution in [1.29, 1.82) is 0 Å². The van der Waals surface area contributed by atoms with E-state index in [1.165, 1.54) is 69.8 Å². The van der Waals surface area contributed by atoms with Crippen molar-refractivity contribution >= 4 is 39.7 Å². The third-order valence-electron chi connectivity index (χ3n) is 21.9. The molecule has 0 atom stereocenters. The number of ether oxygens (including phenoxy) is 3.